The monoisotopic (exact) mass is 294 g/mol. The summed E-state index contributed by atoms with van der Waals surface area (Å²) < 4.78 is 1.77. The topological polar surface area (TPSA) is 33.1 Å². The van der Waals surface area contributed by atoms with E-state index >= 15 is 0 Å². The van der Waals surface area contributed by atoms with E-state index in [-0.39, 0.29) is 0 Å². The van der Waals surface area contributed by atoms with Crippen LogP contribution in [-0.2, 0) is 13.6 Å². The molecular formula is C13H15ClN4S. The van der Waals surface area contributed by atoms with Crippen LogP contribution in [0.3, 0.4) is 0 Å². The van der Waals surface area contributed by atoms with Crippen LogP contribution in [0.1, 0.15) is 5.69 Å². The standard InChI is InChI=1S/C13H15ClN4S/c1-17(9-12-6-7-18(2)16-12)13(19)15-11-5-3-4-10(14)8-11/h3-8H,9H2,1-2H3,(H,15,19). The highest BCUT2D eigenvalue weighted by molar-refractivity contribution is 7.80. The molecule has 0 radical (unpaired) electrons. The van der Waals surface area contributed by atoms with Gasteiger partial charge >= 0.3 is 0 Å². The lowest BCUT2D eigenvalue weighted by atomic mass is 10.3. The maximum Gasteiger partial charge on any atom is 0.173 e. The van der Waals surface area contributed by atoms with Gasteiger partial charge in [-0.2, -0.15) is 5.10 Å². The Kier molecular flexibility index (Phi) is 4.39. The zero-order valence-electron chi connectivity index (χ0n) is 10.8. The molecule has 1 aromatic carbocycles. The molecule has 6 heteroatoms. The summed E-state index contributed by atoms with van der Waals surface area (Å²) in [7, 11) is 3.82. The van der Waals surface area contributed by atoms with Gasteiger partial charge in [0.1, 0.15) is 0 Å². The fraction of sp³-hybridized carbons (Fsp3) is 0.231. The molecule has 100 valence electrons. The minimum Gasteiger partial charge on any atom is -0.346 e. The molecule has 0 amide bonds. The number of aryl methyl sites for hydroxylation is 1. The van der Waals surface area contributed by atoms with Gasteiger partial charge in [0.25, 0.3) is 0 Å². The number of rotatable bonds is 3. The molecule has 19 heavy (non-hydrogen) atoms. The van der Waals surface area contributed by atoms with Crippen LogP contribution in [0.15, 0.2) is 36.5 Å². The summed E-state index contributed by atoms with van der Waals surface area (Å²) in [5, 5.41) is 8.78. The van der Waals surface area contributed by atoms with Crippen LogP contribution in [0.5, 0.6) is 0 Å². The van der Waals surface area contributed by atoms with E-state index < -0.39 is 0 Å². The van der Waals surface area contributed by atoms with Gasteiger partial charge in [0, 0.05) is 31.0 Å². The molecule has 2 aromatic rings. The van der Waals surface area contributed by atoms with Crippen molar-refractivity contribution in [2.24, 2.45) is 7.05 Å². The lowest BCUT2D eigenvalue weighted by Gasteiger charge is -2.20. The highest BCUT2D eigenvalue weighted by Gasteiger charge is 2.07. The summed E-state index contributed by atoms with van der Waals surface area (Å²) in [5.41, 5.74) is 1.85. The van der Waals surface area contributed by atoms with Crippen LogP contribution in [0, 0.1) is 0 Å². The van der Waals surface area contributed by atoms with Crippen molar-refractivity contribution in [2.45, 2.75) is 6.54 Å². The fourth-order valence-electron chi connectivity index (χ4n) is 1.65. The zero-order valence-corrected chi connectivity index (χ0v) is 12.4. The van der Waals surface area contributed by atoms with Crippen LogP contribution >= 0.6 is 23.8 Å². The molecule has 0 saturated heterocycles. The average Bonchev–Trinajstić information content (AvgIpc) is 2.74. The van der Waals surface area contributed by atoms with E-state index in [9.17, 15) is 0 Å². The molecule has 1 heterocycles. The smallest absolute Gasteiger partial charge is 0.173 e. The van der Waals surface area contributed by atoms with Gasteiger partial charge in [0.2, 0.25) is 0 Å². The molecule has 0 aliphatic carbocycles. The molecule has 0 atom stereocenters. The Labute approximate surface area is 123 Å². The lowest BCUT2D eigenvalue weighted by Crippen LogP contribution is -2.30. The first-order valence-electron chi connectivity index (χ1n) is 5.81. The molecule has 0 aliphatic heterocycles. The molecule has 0 fully saturated rings. The van der Waals surface area contributed by atoms with Crippen LogP contribution < -0.4 is 5.32 Å². The first-order chi connectivity index (χ1) is 9.04. The zero-order chi connectivity index (χ0) is 13.8. The predicted octanol–water partition coefficient (Wildman–Crippen LogP) is 2.90. The molecule has 0 spiro atoms. The summed E-state index contributed by atoms with van der Waals surface area (Å²) in [4.78, 5) is 1.93. The number of nitrogens with zero attached hydrogens (tertiary/aromatic N) is 3. The van der Waals surface area contributed by atoms with E-state index in [1.807, 2.05) is 55.5 Å². The van der Waals surface area contributed by atoms with Crippen LogP contribution in [0.25, 0.3) is 0 Å². The number of aromatic nitrogens is 2. The molecule has 0 saturated carbocycles. The number of halogens is 1. The highest BCUT2D eigenvalue weighted by Crippen LogP contribution is 2.15. The van der Waals surface area contributed by atoms with Crippen molar-refractivity contribution < 1.29 is 0 Å². The van der Waals surface area contributed by atoms with Crippen LogP contribution in [0.2, 0.25) is 5.02 Å². The number of anilines is 1. The molecule has 0 unspecified atom stereocenters. The van der Waals surface area contributed by atoms with Gasteiger partial charge in [0.05, 0.1) is 12.2 Å². The average molecular weight is 295 g/mol. The maximum atomic E-state index is 5.93. The third-order valence-corrected chi connectivity index (χ3v) is 3.24. The number of nitrogens with one attached hydrogen (secondary N) is 1. The first-order valence-corrected chi connectivity index (χ1v) is 6.59. The Hall–Kier alpha value is -1.59. The van der Waals surface area contributed by atoms with Crippen molar-refractivity contribution in [3.8, 4) is 0 Å². The van der Waals surface area contributed by atoms with Crippen molar-refractivity contribution in [3.63, 3.8) is 0 Å². The predicted molar refractivity (Wildman–Crippen MR) is 82.3 cm³/mol. The normalized spacial score (nSPS) is 10.3. The van der Waals surface area contributed by atoms with Gasteiger partial charge in [-0.05, 0) is 36.5 Å². The Bertz CT molecular complexity index is 582. The van der Waals surface area contributed by atoms with Gasteiger partial charge in [-0.3, -0.25) is 4.68 Å². The third-order valence-electron chi connectivity index (χ3n) is 2.59. The number of hydrogen-bond donors (Lipinski definition) is 1. The molecule has 1 aromatic heterocycles. The van der Waals surface area contributed by atoms with E-state index in [0.717, 1.165) is 11.4 Å². The maximum absolute atomic E-state index is 5.93. The number of hydrogen-bond acceptors (Lipinski definition) is 2. The Morgan fingerprint density at radius 2 is 2.26 bits per heavy atom. The second-order valence-electron chi connectivity index (χ2n) is 4.28. The van der Waals surface area contributed by atoms with Crippen LogP contribution in [0.4, 0.5) is 5.69 Å². The largest absolute Gasteiger partial charge is 0.346 e. The van der Waals surface area contributed by atoms with Gasteiger partial charge in [-0.1, -0.05) is 17.7 Å². The minimum absolute atomic E-state index is 0.632. The van der Waals surface area contributed by atoms with Gasteiger partial charge < -0.3 is 10.2 Å². The highest BCUT2D eigenvalue weighted by atomic mass is 35.5. The summed E-state index contributed by atoms with van der Waals surface area (Å²) in [6.07, 6.45) is 1.91. The van der Waals surface area contributed by atoms with Crippen molar-refractivity contribution in [1.29, 1.82) is 0 Å². The fourth-order valence-corrected chi connectivity index (χ4v) is 2.02. The summed E-state index contributed by atoms with van der Waals surface area (Å²) in [5.74, 6) is 0. The van der Waals surface area contributed by atoms with E-state index in [0.29, 0.717) is 16.7 Å². The first kappa shape index (κ1) is 13.8. The molecule has 4 nitrogen and oxygen atoms in total. The molecule has 2 rings (SSSR count). The minimum atomic E-state index is 0.632. The molecular weight excluding hydrogens is 280 g/mol. The van der Waals surface area contributed by atoms with Crippen molar-refractivity contribution in [2.75, 3.05) is 12.4 Å². The van der Waals surface area contributed by atoms with E-state index in [4.69, 9.17) is 23.8 Å². The Morgan fingerprint density at radius 3 is 2.89 bits per heavy atom. The van der Waals surface area contributed by atoms with Crippen molar-refractivity contribution in [3.05, 3.63) is 47.2 Å². The van der Waals surface area contributed by atoms with Crippen LogP contribution in [-0.4, -0.2) is 26.8 Å². The summed E-state index contributed by atoms with van der Waals surface area (Å²) in [6, 6.07) is 9.44. The number of benzene rings is 1. The van der Waals surface area contributed by atoms with Crippen molar-refractivity contribution in [1.82, 2.24) is 14.7 Å². The quantitative estimate of drug-likeness (QED) is 0.883. The molecule has 0 bridgehead atoms. The molecule has 1 N–H and O–H groups in total. The van der Waals surface area contributed by atoms with Gasteiger partial charge in [-0.15, -0.1) is 0 Å². The Balaban J connectivity index is 1.96. The lowest BCUT2D eigenvalue weighted by molar-refractivity contribution is 0.495. The SMILES string of the molecule is CN(Cc1ccn(C)n1)C(=S)Nc1cccc(Cl)c1. The number of thiocarbonyl (C=S) groups is 1. The van der Waals surface area contributed by atoms with E-state index in [1.165, 1.54) is 0 Å². The van der Waals surface area contributed by atoms with Crippen molar-refractivity contribution >= 4 is 34.6 Å². The third kappa shape index (κ3) is 3.94. The van der Waals surface area contributed by atoms with E-state index in [2.05, 4.69) is 10.4 Å². The molecule has 0 aliphatic rings. The van der Waals surface area contributed by atoms with Gasteiger partial charge in [-0.25, -0.2) is 0 Å². The van der Waals surface area contributed by atoms with E-state index in [1.54, 1.807) is 4.68 Å². The second-order valence-corrected chi connectivity index (χ2v) is 5.10. The summed E-state index contributed by atoms with van der Waals surface area (Å²) >= 11 is 11.3. The Morgan fingerprint density at radius 1 is 1.47 bits per heavy atom. The van der Waals surface area contributed by atoms with Gasteiger partial charge in [0.15, 0.2) is 5.11 Å². The summed E-state index contributed by atoms with van der Waals surface area (Å²) in [6.45, 7) is 0.660. The second kappa shape index (κ2) is 6.04.